The minimum Gasteiger partial charge on any atom is -0.444 e. The zero-order chi connectivity index (χ0) is 12.3. The van der Waals surface area contributed by atoms with Crippen molar-refractivity contribution in [3.8, 4) is 0 Å². The molecule has 0 saturated carbocycles. The molecule has 0 bridgehead atoms. The van der Waals surface area contributed by atoms with Crippen LogP contribution in [0.1, 0.15) is 26.6 Å². The van der Waals surface area contributed by atoms with Crippen molar-refractivity contribution in [1.82, 2.24) is 14.5 Å². The van der Waals surface area contributed by atoms with Crippen LogP contribution >= 0.6 is 0 Å². The van der Waals surface area contributed by atoms with E-state index in [4.69, 9.17) is 4.74 Å². The maximum absolute atomic E-state index is 11.7. The molecule has 90 valence electrons. The van der Waals surface area contributed by atoms with Gasteiger partial charge in [0, 0.05) is 26.5 Å². The average Bonchev–Trinajstić information content (AvgIpc) is 2.49. The van der Waals surface area contributed by atoms with E-state index in [1.807, 2.05) is 38.6 Å². The topological polar surface area (TPSA) is 47.4 Å². The molecule has 0 spiro atoms. The Kier molecular flexibility index (Phi) is 3.57. The molecular formula is C11H19N3O2. The lowest BCUT2D eigenvalue weighted by atomic mass is 10.2. The van der Waals surface area contributed by atoms with Gasteiger partial charge in [0.1, 0.15) is 11.4 Å². The number of imidazole rings is 1. The molecule has 5 heteroatoms. The number of aryl methyl sites for hydroxylation is 1. The van der Waals surface area contributed by atoms with Gasteiger partial charge in [-0.25, -0.2) is 9.78 Å². The Morgan fingerprint density at radius 3 is 2.62 bits per heavy atom. The Balaban J connectivity index is 2.56. The molecule has 5 nitrogen and oxygen atoms in total. The number of carbonyl (C=O) groups excluding carboxylic acids is 1. The minimum atomic E-state index is -0.465. The van der Waals surface area contributed by atoms with Crippen LogP contribution in [0.3, 0.4) is 0 Å². The Morgan fingerprint density at radius 2 is 2.19 bits per heavy atom. The van der Waals surface area contributed by atoms with Crippen LogP contribution in [0.2, 0.25) is 0 Å². The van der Waals surface area contributed by atoms with E-state index in [1.54, 1.807) is 13.2 Å². The van der Waals surface area contributed by atoms with Crippen LogP contribution in [-0.2, 0) is 18.3 Å². The van der Waals surface area contributed by atoms with Crippen LogP contribution in [0.25, 0.3) is 0 Å². The first-order valence-electron chi connectivity index (χ1n) is 5.20. The van der Waals surface area contributed by atoms with Gasteiger partial charge in [0.25, 0.3) is 0 Å². The first kappa shape index (κ1) is 12.5. The highest BCUT2D eigenvalue weighted by molar-refractivity contribution is 5.67. The molecule has 16 heavy (non-hydrogen) atoms. The summed E-state index contributed by atoms with van der Waals surface area (Å²) in [7, 11) is 3.59. The molecule has 0 radical (unpaired) electrons. The molecule has 0 aliphatic heterocycles. The van der Waals surface area contributed by atoms with Crippen molar-refractivity contribution in [1.29, 1.82) is 0 Å². The molecule has 1 aromatic rings. The van der Waals surface area contributed by atoms with E-state index >= 15 is 0 Å². The maximum atomic E-state index is 11.7. The predicted octanol–water partition coefficient (Wildman–Crippen LogP) is 1.79. The van der Waals surface area contributed by atoms with Gasteiger partial charge in [0.05, 0.1) is 6.54 Å². The third kappa shape index (κ3) is 3.56. The van der Waals surface area contributed by atoms with Crippen LogP contribution in [0, 0.1) is 0 Å². The van der Waals surface area contributed by atoms with Crippen LogP contribution < -0.4 is 0 Å². The molecule has 0 atom stereocenters. The Labute approximate surface area is 96.0 Å². The summed E-state index contributed by atoms with van der Waals surface area (Å²) < 4.78 is 7.11. The molecule has 0 aliphatic rings. The van der Waals surface area contributed by atoms with Crippen LogP contribution in [-0.4, -0.2) is 33.2 Å². The van der Waals surface area contributed by atoms with Crippen molar-refractivity contribution >= 4 is 6.09 Å². The quantitative estimate of drug-likeness (QED) is 0.771. The number of hydrogen-bond donors (Lipinski definition) is 0. The second-order valence-electron chi connectivity index (χ2n) is 4.79. The monoisotopic (exact) mass is 225 g/mol. The van der Waals surface area contributed by atoms with Gasteiger partial charge in [-0.05, 0) is 20.8 Å². The molecule has 0 unspecified atom stereocenters. The van der Waals surface area contributed by atoms with Gasteiger partial charge in [-0.15, -0.1) is 0 Å². The fraction of sp³-hybridized carbons (Fsp3) is 0.636. The third-order valence-electron chi connectivity index (χ3n) is 2.00. The smallest absolute Gasteiger partial charge is 0.410 e. The standard InChI is InChI=1S/C11H19N3O2/c1-11(2,3)16-10(15)14(5)8-9-12-6-7-13(9)4/h6-7H,8H2,1-5H3. The van der Waals surface area contributed by atoms with E-state index in [1.165, 1.54) is 4.90 Å². The predicted molar refractivity (Wildman–Crippen MR) is 60.9 cm³/mol. The number of nitrogens with zero attached hydrogens (tertiary/aromatic N) is 3. The van der Waals surface area contributed by atoms with Crippen molar-refractivity contribution in [2.75, 3.05) is 7.05 Å². The molecule has 1 aromatic heterocycles. The Hall–Kier alpha value is -1.52. The van der Waals surface area contributed by atoms with Gasteiger partial charge in [0.2, 0.25) is 0 Å². The molecule has 0 aliphatic carbocycles. The van der Waals surface area contributed by atoms with Crippen LogP contribution in [0.5, 0.6) is 0 Å². The first-order chi connectivity index (χ1) is 7.29. The highest BCUT2D eigenvalue weighted by Crippen LogP contribution is 2.10. The van der Waals surface area contributed by atoms with Gasteiger partial charge in [-0.3, -0.25) is 0 Å². The van der Waals surface area contributed by atoms with Crippen molar-refractivity contribution < 1.29 is 9.53 Å². The summed E-state index contributed by atoms with van der Waals surface area (Å²) in [4.78, 5) is 17.3. The lowest BCUT2D eigenvalue weighted by Gasteiger charge is -2.24. The summed E-state index contributed by atoms with van der Waals surface area (Å²) in [6.45, 7) is 5.98. The molecule has 1 amide bonds. The number of amides is 1. The summed E-state index contributed by atoms with van der Waals surface area (Å²) in [6.07, 6.45) is 3.21. The Morgan fingerprint density at radius 1 is 1.56 bits per heavy atom. The SMILES string of the molecule is CN(Cc1nccn1C)C(=O)OC(C)(C)C. The van der Waals surface area contributed by atoms with Crippen molar-refractivity contribution in [2.24, 2.45) is 7.05 Å². The molecule has 0 fully saturated rings. The lowest BCUT2D eigenvalue weighted by molar-refractivity contribution is 0.0280. The second-order valence-corrected chi connectivity index (χ2v) is 4.79. The molecule has 0 aromatic carbocycles. The Bertz CT molecular complexity index is 366. The fourth-order valence-electron chi connectivity index (χ4n) is 1.17. The number of rotatable bonds is 2. The largest absolute Gasteiger partial charge is 0.444 e. The summed E-state index contributed by atoms with van der Waals surface area (Å²) >= 11 is 0. The zero-order valence-electron chi connectivity index (χ0n) is 10.5. The lowest BCUT2D eigenvalue weighted by Crippen LogP contribution is -2.34. The average molecular weight is 225 g/mol. The summed E-state index contributed by atoms with van der Waals surface area (Å²) in [5, 5.41) is 0. The summed E-state index contributed by atoms with van der Waals surface area (Å²) in [5.41, 5.74) is -0.465. The maximum Gasteiger partial charge on any atom is 0.410 e. The third-order valence-corrected chi connectivity index (χ3v) is 2.00. The zero-order valence-corrected chi connectivity index (χ0v) is 10.5. The first-order valence-corrected chi connectivity index (χ1v) is 5.20. The minimum absolute atomic E-state index is 0.337. The van der Waals surface area contributed by atoms with Crippen LogP contribution in [0.15, 0.2) is 12.4 Å². The van der Waals surface area contributed by atoms with E-state index in [-0.39, 0.29) is 6.09 Å². The highest BCUT2D eigenvalue weighted by Gasteiger charge is 2.20. The van der Waals surface area contributed by atoms with Crippen molar-refractivity contribution in [3.63, 3.8) is 0 Å². The van der Waals surface area contributed by atoms with Gasteiger partial charge in [-0.1, -0.05) is 0 Å². The molecular weight excluding hydrogens is 206 g/mol. The second kappa shape index (κ2) is 4.55. The van der Waals surface area contributed by atoms with E-state index in [2.05, 4.69) is 4.98 Å². The van der Waals surface area contributed by atoms with E-state index in [0.717, 1.165) is 5.82 Å². The molecule has 0 saturated heterocycles. The normalized spacial score (nSPS) is 11.3. The molecule has 1 heterocycles. The van der Waals surface area contributed by atoms with Gasteiger partial charge < -0.3 is 14.2 Å². The van der Waals surface area contributed by atoms with E-state index < -0.39 is 5.60 Å². The van der Waals surface area contributed by atoms with Gasteiger partial charge in [0.15, 0.2) is 0 Å². The van der Waals surface area contributed by atoms with Crippen LogP contribution in [0.4, 0.5) is 4.79 Å². The summed E-state index contributed by atoms with van der Waals surface area (Å²) in [5.74, 6) is 0.827. The fourth-order valence-corrected chi connectivity index (χ4v) is 1.17. The van der Waals surface area contributed by atoms with Gasteiger partial charge in [-0.2, -0.15) is 0 Å². The molecule has 0 N–H and O–H groups in total. The highest BCUT2D eigenvalue weighted by atomic mass is 16.6. The van der Waals surface area contributed by atoms with Crippen molar-refractivity contribution in [3.05, 3.63) is 18.2 Å². The number of hydrogen-bond acceptors (Lipinski definition) is 3. The summed E-state index contributed by atoms with van der Waals surface area (Å²) in [6, 6.07) is 0. The number of carbonyl (C=O) groups is 1. The van der Waals surface area contributed by atoms with Crippen molar-refractivity contribution in [2.45, 2.75) is 32.9 Å². The van der Waals surface area contributed by atoms with E-state index in [9.17, 15) is 4.79 Å². The number of aromatic nitrogens is 2. The van der Waals surface area contributed by atoms with Gasteiger partial charge >= 0.3 is 6.09 Å². The number of ether oxygens (including phenoxy) is 1. The van der Waals surface area contributed by atoms with E-state index in [0.29, 0.717) is 6.54 Å². The molecule has 1 rings (SSSR count).